The summed E-state index contributed by atoms with van der Waals surface area (Å²) in [6.45, 7) is 4.31. The molecule has 1 amide bonds. The molecule has 1 atom stereocenters. The Morgan fingerprint density at radius 3 is 2.45 bits per heavy atom. The molecule has 0 radical (unpaired) electrons. The zero-order valence-corrected chi connectivity index (χ0v) is 17.2. The third-order valence-corrected chi connectivity index (χ3v) is 5.02. The lowest BCUT2D eigenvalue weighted by Crippen LogP contribution is -2.15. The second-order valence-electron chi connectivity index (χ2n) is 7.59. The molecule has 0 fully saturated rings. The fraction of sp³-hybridized carbons (Fsp3) is 0.500. The molecule has 1 aromatic heterocycles. The largest absolute Gasteiger partial charge is 0.493 e. The normalized spacial score (nSPS) is 11.9. The molecule has 7 heteroatoms. The number of amides is 1. The SMILES string of the molecule is CCCCCCCCC(C)CC(=O)Nc1ccc(-n2[nH]c(=O)c(C=O)c2O)cc1. The summed E-state index contributed by atoms with van der Waals surface area (Å²) in [5.74, 6) is -0.133. The van der Waals surface area contributed by atoms with Crippen LogP contribution < -0.4 is 10.9 Å². The number of aromatic hydroxyl groups is 1. The highest BCUT2D eigenvalue weighted by Gasteiger charge is 2.14. The van der Waals surface area contributed by atoms with Crippen LogP contribution in [-0.2, 0) is 4.79 Å². The molecule has 0 aliphatic carbocycles. The third-order valence-electron chi connectivity index (χ3n) is 5.02. The molecule has 29 heavy (non-hydrogen) atoms. The Bertz CT molecular complexity index is 852. The van der Waals surface area contributed by atoms with Gasteiger partial charge in [0.05, 0.1) is 5.69 Å². The molecule has 1 heterocycles. The number of hydrogen-bond donors (Lipinski definition) is 3. The van der Waals surface area contributed by atoms with Crippen LogP contribution in [0.15, 0.2) is 29.1 Å². The Kier molecular flexibility index (Phi) is 8.70. The van der Waals surface area contributed by atoms with Crippen LogP contribution in [0.25, 0.3) is 5.69 Å². The first-order valence-electron chi connectivity index (χ1n) is 10.4. The van der Waals surface area contributed by atoms with E-state index in [1.165, 1.54) is 32.1 Å². The number of H-pyrrole nitrogens is 1. The van der Waals surface area contributed by atoms with Crippen LogP contribution in [0.3, 0.4) is 0 Å². The second kappa shape index (κ2) is 11.2. The third kappa shape index (κ3) is 6.62. The molecule has 0 bridgehead atoms. The van der Waals surface area contributed by atoms with Gasteiger partial charge in [-0.2, -0.15) is 0 Å². The van der Waals surface area contributed by atoms with Crippen molar-refractivity contribution in [2.45, 2.75) is 65.2 Å². The van der Waals surface area contributed by atoms with Crippen molar-refractivity contribution < 1.29 is 14.7 Å². The van der Waals surface area contributed by atoms with Crippen LogP contribution in [0.4, 0.5) is 5.69 Å². The molecule has 0 aliphatic heterocycles. The van der Waals surface area contributed by atoms with E-state index in [2.05, 4.69) is 24.3 Å². The Morgan fingerprint density at radius 1 is 1.17 bits per heavy atom. The lowest BCUT2D eigenvalue weighted by molar-refractivity contribution is -0.117. The fourth-order valence-electron chi connectivity index (χ4n) is 3.33. The molecule has 2 rings (SSSR count). The van der Waals surface area contributed by atoms with Crippen LogP contribution in [0.2, 0.25) is 0 Å². The molecular weight excluding hydrogens is 370 g/mol. The van der Waals surface area contributed by atoms with Crippen molar-refractivity contribution in [3.05, 3.63) is 40.2 Å². The van der Waals surface area contributed by atoms with Crippen LogP contribution in [0, 0.1) is 5.92 Å². The summed E-state index contributed by atoms with van der Waals surface area (Å²) in [6.07, 6.45) is 9.36. The Hall–Kier alpha value is -2.83. The van der Waals surface area contributed by atoms with Crippen molar-refractivity contribution in [2.75, 3.05) is 5.32 Å². The Morgan fingerprint density at radius 2 is 1.83 bits per heavy atom. The molecule has 1 unspecified atom stereocenters. The molecule has 0 spiro atoms. The van der Waals surface area contributed by atoms with Gasteiger partial charge in [-0.1, -0.05) is 58.8 Å². The monoisotopic (exact) mass is 401 g/mol. The van der Waals surface area contributed by atoms with Gasteiger partial charge in [0.25, 0.3) is 5.56 Å². The maximum atomic E-state index is 12.3. The quantitative estimate of drug-likeness (QED) is 0.362. The first-order chi connectivity index (χ1) is 14.0. The van der Waals surface area contributed by atoms with E-state index in [1.54, 1.807) is 24.3 Å². The highest BCUT2D eigenvalue weighted by atomic mass is 16.3. The van der Waals surface area contributed by atoms with Crippen molar-refractivity contribution in [3.63, 3.8) is 0 Å². The highest BCUT2D eigenvalue weighted by Crippen LogP contribution is 2.20. The highest BCUT2D eigenvalue weighted by molar-refractivity contribution is 5.90. The maximum Gasteiger partial charge on any atom is 0.279 e. The zero-order chi connectivity index (χ0) is 21.2. The number of aromatic nitrogens is 2. The van der Waals surface area contributed by atoms with E-state index in [0.29, 0.717) is 30.0 Å². The Balaban J connectivity index is 1.82. The van der Waals surface area contributed by atoms with Crippen LogP contribution in [0.5, 0.6) is 5.88 Å². The van der Waals surface area contributed by atoms with Crippen molar-refractivity contribution in [1.82, 2.24) is 9.78 Å². The van der Waals surface area contributed by atoms with Crippen LogP contribution in [-0.4, -0.2) is 27.1 Å². The number of benzene rings is 1. The topological polar surface area (TPSA) is 104 Å². The van der Waals surface area contributed by atoms with E-state index in [1.807, 2.05) is 0 Å². The van der Waals surface area contributed by atoms with Crippen molar-refractivity contribution in [2.24, 2.45) is 5.92 Å². The smallest absolute Gasteiger partial charge is 0.279 e. The number of rotatable bonds is 12. The lowest BCUT2D eigenvalue weighted by atomic mass is 9.98. The van der Waals surface area contributed by atoms with E-state index in [-0.39, 0.29) is 11.5 Å². The molecular formula is C22H31N3O4. The van der Waals surface area contributed by atoms with E-state index in [9.17, 15) is 19.5 Å². The van der Waals surface area contributed by atoms with E-state index < -0.39 is 11.4 Å². The number of aromatic amines is 1. The first kappa shape index (κ1) is 22.5. The summed E-state index contributed by atoms with van der Waals surface area (Å²) in [4.78, 5) is 34.7. The molecule has 3 N–H and O–H groups in total. The molecule has 1 aromatic carbocycles. The van der Waals surface area contributed by atoms with E-state index in [4.69, 9.17) is 0 Å². The predicted molar refractivity (Wildman–Crippen MR) is 114 cm³/mol. The maximum absolute atomic E-state index is 12.3. The van der Waals surface area contributed by atoms with Crippen molar-refractivity contribution in [1.29, 1.82) is 0 Å². The van der Waals surface area contributed by atoms with Crippen LogP contribution in [0.1, 0.15) is 75.6 Å². The zero-order valence-electron chi connectivity index (χ0n) is 17.2. The predicted octanol–water partition coefficient (Wildman–Crippen LogP) is 4.40. The molecule has 0 saturated heterocycles. The van der Waals surface area contributed by atoms with Gasteiger partial charge in [-0.3, -0.25) is 19.5 Å². The number of carbonyl (C=O) groups is 2. The number of nitrogens with zero attached hydrogens (tertiary/aromatic N) is 1. The van der Waals surface area contributed by atoms with Gasteiger partial charge in [0.2, 0.25) is 11.8 Å². The van der Waals surface area contributed by atoms with Gasteiger partial charge >= 0.3 is 0 Å². The molecule has 2 aromatic rings. The van der Waals surface area contributed by atoms with Crippen molar-refractivity contribution in [3.8, 4) is 11.6 Å². The van der Waals surface area contributed by atoms with Gasteiger partial charge in [0.1, 0.15) is 5.56 Å². The average Bonchev–Trinajstić information content (AvgIpc) is 2.98. The molecule has 0 saturated carbocycles. The Labute approximate surface area is 171 Å². The fourth-order valence-corrected chi connectivity index (χ4v) is 3.33. The summed E-state index contributed by atoms with van der Waals surface area (Å²) in [7, 11) is 0. The van der Waals surface area contributed by atoms with Gasteiger partial charge in [-0.05, 0) is 30.2 Å². The number of aldehydes is 1. The van der Waals surface area contributed by atoms with Gasteiger partial charge < -0.3 is 10.4 Å². The lowest BCUT2D eigenvalue weighted by Gasteiger charge is -2.12. The number of hydrogen-bond acceptors (Lipinski definition) is 4. The molecule has 0 aliphatic rings. The van der Waals surface area contributed by atoms with Gasteiger partial charge in [0, 0.05) is 12.1 Å². The van der Waals surface area contributed by atoms with Gasteiger partial charge in [-0.15, -0.1) is 0 Å². The van der Waals surface area contributed by atoms with E-state index >= 15 is 0 Å². The van der Waals surface area contributed by atoms with E-state index in [0.717, 1.165) is 17.5 Å². The minimum atomic E-state index is -0.658. The summed E-state index contributed by atoms with van der Waals surface area (Å²) in [5.41, 5.74) is 0.133. The summed E-state index contributed by atoms with van der Waals surface area (Å²) in [6, 6.07) is 6.65. The number of anilines is 1. The summed E-state index contributed by atoms with van der Waals surface area (Å²) in [5, 5.41) is 15.2. The standard InChI is InChI=1S/C22H31N3O4/c1-3-4-5-6-7-8-9-16(2)14-20(27)23-17-10-12-18(13-11-17)25-22(29)19(15-26)21(28)24-25/h10-13,15-16,29H,3-9,14H2,1-2H3,(H,23,27)(H,24,28). The summed E-state index contributed by atoms with van der Waals surface area (Å²) >= 11 is 0. The van der Waals surface area contributed by atoms with Crippen molar-refractivity contribution >= 4 is 17.9 Å². The minimum Gasteiger partial charge on any atom is -0.493 e. The first-order valence-corrected chi connectivity index (χ1v) is 10.4. The number of nitrogens with one attached hydrogen (secondary N) is 2. The molecule has 158 valence electrons. The molecule has 7 nitrogen and oxygen atoms in total. The van der Waals surface area contributed by atoms with Crippen LogP contribution >= 0.6 is 0 Å². The number of carbonyl (C=O) groups excluding carboxylic acids is 2. The van der Waals surface area contributed by atoms with Gasteiger partial charge in [0.15, 0.2) is 6.29 Å². The average molecular weight is 402 g/mol. The second-order valence-corrected chi connectivity index (χ2v) is 7.59. The minimum absolute atomic E-state index is 0.0308. The number of unbranched alkanes of at least 4 members (excludes halogenated alkanes) is 5. The van der Waals surface area contributed by atoms with Gasteiger partial charge in [-0.25, -0.2) is 4.68 Å². The summed E-state index contributed by atoms with van der Waals surface area (Å²) < 4.78 is 1.13.